The van der Waals surface area contributed by atoms with E-state index in [0.717, 1.165) is 89.9 Å². The Hall–Kier alpha value is -3.55. The van der Waals surface area contributed by atoms with Crippen LogP contribution in [0.2, 0.25) is 0 Å². The van der Waals surface area contributed by atoms with Crippen LogP contribution < -0.4 is 5.32 Å². The smallest absolute Gasteiger partial charge is 0.220 e. The van der Waals surface area contributed by atoms with E-state index < -0.39 is 124 Å². The molecule has 19 nitrogen and oxygen atoms in total. The molecule has 12 N–H and O–H groups in total. The number of rotatable bonds is 57. The fraction of sp³-hybridized carbons (Fsp3) is 0.756. The van der Waals surface area contributed by atoms with Crippen LogP contribution in [0, 0.1) is 0 Å². The summed E-state index contributed by atoms with van der Waals surface area (Å²) in [5.74, 6) is -0.292. The summed E-state index contributed by atoms with van der Waals surface area (Å²) in [7, 11) is 0. The average Bonchev–Trinajstić information content (AvgIpc) is 0.790. The molecule has 0 spiro atoms. The van der Waals surface area contributed by atoms with Gasteiger partial charge in [-0.05, 0) is 89.9 Å². The predicted molar refractivity (Wildman–Crippen MR) is 383 cm³/mol. The Morgan fingerprint density at radius 3 is 1.14 bits per heavy atom. The summed E-state index contributed by atoms with van der Waals surface area (Å²) >= 11 is 0. The molecule has 17 atom stereocenters. The number of carbonyl (C=O) groups is 1. The number of aliphatic hydroxyl groups is 11. The highest BCUT2D eigenvalue weighted by Crippen LogP contribution is 2.33. The maximum absolute atomic E-state index is 13.4. The Labute approximate surface area is 583 Å². The highest BCUT2D eigenvalue weighted by atomic mass is 16.8. The third kappa shape index (κ3) is 38.9. The summed E-state index contributed by atoms with van der Waals surface area (Å²) in [6.07, 6.45) is 52.7. The van der Waals surface area contributed by atoms with Gasteiger partial charge in [0, 0.05) is 6.42 Å². The number of nitrogens with one attached hydrogen (secondary N) is 1. The molecule has 0 aromatic heterocycles. The first-order chi connectivity index (χ1) is 47.3. The van der Waals surface area contributed by atoms with Crippen LogP contribution in [0.1, 0.15) is 245 Å². The summed E-state index contributed by atoms with van der Waals surface area (Å²) in [6, 6.07) is -0.998. The van der Waals surface area contributed by atoms with E-state index in [9.17, 15) is 61.0 Å². The molecule has 97 heavy (non-hydrogen) atoms. The minimum absolute atomic E-state index is 0.230. The first kappa shape index (κ1) is 87.7. The highest BCUT2D eigenvalue weighted by molar-refractivity contribution is 5.76. The first-order valence-electron chi connectivity index (χ1n) is 37.6. The molecular formula is C78H133NO18. The molecule has 3 rings (SSSR count). The normalized spacial score (nSPS) is 27.5. The summed E-state index contributed by atoms with van der Waals surface area (Å²) in [5, 5.41) is 120. The Morgan fingerprint density at radius 2 is 0.722 bits per heavy atom. The standard InChI is InChI=1S/C78H133NO18/c1-3-5-7-9-11-13-15-16-17-18-19-20-21-22-23-24-25-26-27-28-29-30-31-32-33-34-35-36-37-38-39-40-41-42-43-44-46-48-50-52-54-56-66(84)79-61(62(83)55-53-51-49-47-45-14-12-10-8-6-4-2)60-92-76-72(90)69(87)74(64(58-81)94-76)97-78-73(91)70(88)75(65(59-82)95-78)96-77-71(89)68(86)67(85)63(57-80)93-77/h5,7-8,10-11,13,16-17,19-20,22-23,25-26,45,47,53,55,61-65,67-78,80-83,85-91H,3-4,6,9,12,14-15,18,21,24,27-44,46,48-52,54,56-60H2,1-2H3,(H,79,84)/b7-5-,10-8+,13-11-,17-16-,20-19-,23-22-,26-25-,47-45+,55-53+. The lowest BCUT2D eigenvalue weighted by molar-refractivity contribution is -0.379. The Bertz CT molecular complexity index is 2180. The van der Waals surface area contributed by atoms with E-state index in [1.807, 2.05) is 6.08 Å². The molecule has 17 unspecified atom stereocenters. The molecule has 0 aliphatic carbocycles. The van der Waals surface area contributed by atoms with Gasteiger partial charge in [0.1, 0.15) is 73.2 Å². The number of carbonyl (C=O) groups excluding carboxylic acids is 1. The van der Waals surface area contributed by atoms with Crippen molar-refractivity contribution < 1.29 is 89.4 Å². The number of hydrogen-bond acceptors (Lipinski definition) is 18. The molecule has 3 aliphatic rings. The molecule has 0 saturated carbocycles. The molecule has 3 fully saturated rings. The van der Waals surface area contributed by atoms with Crippen molar-refractivity contribution in [3.8, 4) is 0 Å². The van der Waals surface area contributed by atoms with Crippen LogP contribution in [0.5, 0.6) is 0 Å². The molecule has 3 saturated heterocycles. The second-order valence-electron chi connectivity index (χ2n) is 26.4. The molecule has 19 heteroatoms. The SMILES string of the molecule is CC/C=C\C/C=C\C/C=C\C/C=C\C/C=C\C/C=C\CCCCCCCCCCCCCCCCCCCCCCCCC(=O)NC(COC1OC(CO)C(OC2OC(CO)C(OC3OC(CO)C(O)C(O)C3O)C(O)C2O)C(O)C1O)C(O)/C=C/CC/C=C/CC/C=C/CCC. The van der Waals surface area contributed by atoms with Gasteiger partial charge in [0.25, 0.3) is 0 Å². The largest absolute Gasteiger partial charge is 0.394 e. The summed E-state index contributed by atoms with van der Waals surface area (Å²) in [6.45, 7) is 1.50. The quantitative estimate of drug-likeness (QED) is 0.0199. The second-order valence-corrected chi connectivity index (χ2v) is 26.4. The number of unbranched alkanes of at least 4 members (excludes halogenated alkanes) is 25. The van der Waals surface area contributed by atoms with Crippen molar-refractivity contribution in [1.82, 2.24) is 5.32 Å². The van der Waals surface area contributed by atoms with E-state index in [4.69, 9.17) is 28.4 Å². The molecule has 0 aromatic rings. The van der Waals surface area contributed by atoms with Crippen molar-refractivity contribution in [2.75, 3.05) is 26.4 Å². The number of aliphatic hydroxyl groups excluding tert-OH is 11. The van der Waals surface area contributed by atoms with Gasteiger partial charge in [-0.15, -0.1) is 0 Å². The monoisotopic (exact) mass is 1370 g/mol. The minimum Gasteiger partial charge on any atom is -0.394 e. The van der Waals surface area contributed by atoms with Gasteiger partial charge in [-0.1, -0.05) is 258 Å². The van der Waals surface area contributed by atoms with Gasteiger partial charge in [0.15, 0.2) is 18.9 Å². The van der Waals surface area contributed by atoms with Crippen molar-refractivity contribution in [3.05, 3.63) is 109 Å². The van der Waals surface area contributed by atoms with E-state index in [1.54, 1.807) is 6.08 Å². The zero-order chi connectivity index (χ0) is 70.4. The van der Waals surface area contributed by atoms with Crippen LogP contribution in [0.4, 0.5) is 0 Å². The minimum atomic E-state index is -1.98. The highest BCUT2D eigenvalue weighted by Gasteiger charge is 2.53. The van der Waals surface area contributed by atoms with Crippen molar-refractivity contribution >= 4 is 5.91 Å². The van der Waals surface area contributed by atoms with Crippen LogP contribution in [0.3, 0.4) is 0 Å². The molecule has 0 bridgehead atoms. The molecule has 3 heterocycles. The van der Waals surface area contributed by atoms with E-state index in [-0.39, 0.29) is 18.9 Å². The number of hydrogen-bond donors (Lipinski definition) is 12. The van der Waals surface area contributed by atoms with E-state index in [0.29, 0.717) is 12.8 Å². The van der Waals surface area contributed by atoms with Crippen molar-refractivity contribution in [2.45, 2.75) is 349 Å². The Balaban J connectivity index is 1.27. The fourth-order valence-electron chi connectivity index (χ4n) is 12.0. The van der Waals surface area contributed by atoms with Crippen LogP contribution in [0.25, 0.3) is 0 Å². The molecule has 0 aromatic carbocycles. The first-order valence-corrected chi connectivity index (χ1v) is 37.6. The van der Waals surface area contributed by atoms with Crippen LogP contribution in [-0.2, 0) is 33.2 Å². The molecule has 0 radical (unpaired) electrons. The van der Waals surface area contributed by atoms with Crippen LogP contribution in [-0.4, -0.2) is 193 Å². The van der Waals surface area contributed by atoms with Crippen LogP contribution in [0.15, 0.2) is 109 Å². The van der Waals surface area contributed by atoms with Gasteiger partial charge in [-0.3, -0.25) is 4.79 Å². The molecular weight excluding hydrogens is 1240 g/mol. The Kier molecular flexibility index (Phi) is 52.4. The van der Waals surface area contributed by atoms with Gasteiger partial charge in [0.05, 0.1) is 38.6 Å². The van der Waals surface area contributed by atoms with E-state index in [1.165, 1.54) is 122 Å². The fourth-order valence-corrected chi connectivity index (χ4v) is 12.0. The molecule has 1 amide bonds. The maximum Gasteiger partial charge on any atom is 0.220 e. The lowest BCUT2D eigenvalue weighted by Crippen LogP contribution is -2.66. The van der Waals surface area contributed by atoms with Crippen LogP contribution >= 0.6 is 0 Å². The van der Waals surface area contributed by atoms with Gasteiger partial charge in [-0.2, -0.15) is 0 Å². The van der Waals surface area contributed by atoms with Gasteiger partial charge in [-0.25, -0.2) is 0 Å². The summed E-state index contributed by atoms with van der Waals surface area (Å²) in [5.41, 5.74) is 0. The van der Waals surface area contributed by atoms with Crippen molar-refractivity contribution in [2.24, 2.45) is 0 Å². The predicted octanol–water partition coefficient (Wildman–Crippen LogP) is 11.4. The van der Waals surface area contributed by atoms with Gasteiger partial charge in [0.2, 0.25) is 5.91 Å². The third-order valence-corrected chi connectivity index (χ3v) is 18.0. The topological polar surface area (TPSA) is 307 Å². The van der Waals surface area contributed by atoms with E-state index >= 15 is 0 Å². The van der Waals surface area contributed by atoms with E-state index in [2.05, 4.69) is 116 Å². The second kappa shape index (κ2) is 58.0. The summed E-state index contributed by atoms with van der Waals surface area (Å²) in [4.78, 5) is 13.4. The number of amides is 1. The van der Waals surface area contributed by atoms with Gasteiger partial charge < -0.3 is 89.9 Å². The zero-order valence-corrected chi connectivity index (χ0v) is 59.3. The lowest BCUT2D eigenvalue weighted by atomic mass is 9.96. The third-order valence-electron chi connectivity index (χ3n) is 18.0. The lowest BCUT2D eigenvalue weighted by Gasteiger charge is -2.48. The molecule has 3 aliphatic heterocycles. The Morgan fingerprint density at radius 1 is 0.381 bits per heavy atom. The number of ether oxygens (including phenoxy) is 6. The number of allylic oxidation sites excluding steroid dienone is 17. The summed E-state index contributed by atoms with van der Waals surface area (Å²) < 4.78 is 34.3. The van der Waals surface area contributed by atoms with Crippen molar-refractivity contribution in [3.63, 3.8) is 0 Å². The average molecular weight is 1370 g/mol. The van der Waals surface area contributed by atoms with Gasteiger partial charge >= 0.3 is 0 Å². The molecule has 558 valence electrons. The maximum atomic E-state index is 13.4. The zero-order valence-electron chi connectivity index (χ0n) is 59.3. The van der Waals surface area contributed by atoms with Crippen molar-refractivity contribution in [1.29, 1.82) is 0 Å².